The molecule has 2 aliphatic rings. The summed E-state index contributed by atoms with van der Waals surface area (Å²) in [4.78, 5) is 0. The molecule has 13 heavy (non-hydrogen) atoms. The second-order valence-corrected chi connectivity index (χ2v) is 5.58. The van der Waals surface area contributed by atoms with E-state index in [-0.39, 0.29) is 0 Å². The van der Waals surface area contributed by atoms with E-state index in [0.717, 1.165) is 12.1 Å². The van der Waals surface area contributed by atoms with E-state index in [4.69, 9.17) is 0 Å². The molecular weight excluding hydrogens is 158 g/mol. The van der Waals surface area contributed by atoms with Crippen LogP contribution in [-0.4, -0.2) is 12.1 Å². The van der Waals surface area contributed by atoms with Gasteiger partial charge in [-0.25, -0.2) is 0 Å². The Morgan fingerprint density at radius 2 is 1.77 bits per heavy atom. The van der Waals surface area contributed by atoms with Gasteiger partial charge in [-0.2, -0.15) is 0 Å². The Labute approximate surface area is 82.3 Å². The van der Waals surface area contributed by atoms with E-state index in [2.05, 4.69) is 19.2 Å². The normalized spacial score (nSPS) is 34.2. The van der Waals surface area contributed by atoms with Crippen molar-refractivity contribution in [3.8, 4) is 0 Å². The van der Waals surface area contributed by atoms with Gasteiger partial charge in [-0.1, -0.05) is 33.1 Å². The summed E-state index contributed by atoms with van der Waals surface area (Å²) in [6.45, 7) is 4.87. The molecule has 1 unspecified atom stereocenters. The van der Waals surface area contributed by atoms with Gasteiger partial charge in [-0.15, -0.1) is 0 Å². The minimum Gasteiger partial charge on any atom is -0.311 e. The third-order valence-corrected chi connectivity index (χ3v) is 4.05. The highest BCUT2D eigenvalue weighted by Gasteiger charge is 2.34. The summed E-state index contributed by atoms with van der Waals surface area (Å²) in [5, 5.41) is 3.85. The van der Waals surface area contributed by atoms with Crippen LogP contribution in [0.1, 0.15) is 58.8 Å². The first-order valence-electron chi connectivity index (χ1n) is 5.94. The molecule has 0 aliphatic heterocycles. The van der Waals surface area contributed by atoms with Crippen molar-refractivity contribution in [2.45, 2.75) is 70.9 Å². The summed E-state index contributed by atoms with van der Waals surface area (Å²) in [6, 6.07) is 1.66. The van der Waals surface area contributed by atoms with Crippen molar-refractivity contribution in [1.82, 2.24) is 5.32 Å². The molecule has 0 aromatic rings. The molecule has 0 radical (unpaired) electrons. The summed E-state index contributed by atoms with van der Waals surface area (Å²) in [6.07, 6.45) is 9.99. The minimum atomic E-state index is 0.549. The summed E-state index contributed by atoms with van der Waals surface area (Å²) in [5.41, 5.74) is 0.549. The van der Waals surface area contributed by atoms with E-state index in [0.29, 0.717) is 5.41 Å². The molecule has 2 rings (SSSR count). The first-order chi connectivity index (χ1) is 6.18. The van der Waals surface area contributed by atoms with Gasteiger partial charge < -0.3 is 5.32 Å². The maximum atomic E-state index is 3.85. The molecule has 0 bridgehead atoms. The van der Waals surface area contributed by atoms with Crippen LogP contribution in [0, 0.1) is 5.41 Å². The SMILES string of the molecule is CC1(C)CCCCC1NC1CCC1. The van der Waals surface area contributed by atoms with Gasteiger partial charge >= 0.3 is 0 Å². The Hall–Kier alpha value is -0.0400. The second kappa shape index (κ2) is 3.61. The summed E-state index contributed by atoms with van der Waals surface area (Å²) >= 11 is 0. The van der Waals surface area contributed by atoms with Gasteiger partial charge in [-0.3, -0.25) is 0 Å². The molecule has 1 atom stereocenters. The third-order valence-electron chi connectivity index (χ3n) is 4.05. The number of hydrogen-bond donors (Lipinski definition) is 1. The Morgan fingerprint density at radius 1 is 1.00 bits per heavy atom. The summed E-state index contributed by atoms with van der Waals surface area (Å²) < 4.78 is 0. The zero-order valence-electron chi connectivity index (χ0n) is 9.10. The molecule has 1 N–H and O–H groups in total. The van der Waals surface area contributed by atoms with Crippen molar-refractivity contribution in [3.63, 3.8) is 0 Å². The predicted octanol–water partition coefficient (Wildman–Crippen LogP) is 3.10. The molecule has 2 aliphatic carbocycles. The van der Waals surface area contributed by atoms with E-state index in [9.17, 15) is 0 Å². The molecular formula is C12H23N. The number of rotatable bonds is 2. The van der Waals surface area contributed by atoms with E-state index in [1.54, 1.807) is 0 Å². The van der Waals surface area contributed by atoms with Gasteiger partial charge in [0, 0.05) is 12.1 Å². The molecule has 0 aromatic heterocycles. The first-order valence-corrected chi connectivity index (χ1v) is 5.94. The minimum absolute atomic E-state index is 0.549. The van der Waals surface area contributed by atoms with E-state index >= 15 is 0 Å². The lowest BCUT2D eigenvalue weighted by molar-refractivity contribution is 0.137. The average Bonchev–Trinajstić information content (AvgIpc) is 1.98. The van der Waals surface area contributed by atoms with Crippen LogP contribution in [0.15, 0.2) is 0 Å². The third kappa shape index (κ3) is 2.07. The van der Waals surface area contributed by atoms with Crippen LogP contribution < -0.4 is 5.32 Å². The lowest BCUT2D eigenvalue weighted by Gasteiger charge is -2.43. The van der Waals surface area contributed by atoms with Crippen molar-refractivity contribution in [1.29, 1.82) is 0 Å². The summed E-state index contributed by atoms with van der Waals surface area (Å²) in [7, 11) is 0. The molecule has 2 saturated carbocycles. The Kier molecular flexibility index (Phi) is 2.64. The molecule has 1 heteroatoms. The first kappa shape index (κ1) is 9.51. The predicted molar refractivity (Wildman–Crippen MR) is 56.8 cm³/mol. The monoisotopic (exact) mass is 181 g/mol. The van der Waals surface area contributed by atoms with Crippen LogP contribution in [0.5, 0.6) is 0 Å². The van der Waals surface area contributed by atoms with E-state index in [1.807, 2.05) is 0 Å². The quantitative estimate of drug-likeness (QED) is 0.690. The molecule has 76 valence electrons. The Balaban J connectivity index is 1.87. The highest BCUT2D eigenvalue weighted by atomic mass is 15.0. The molecule has 0 saturated heterocycles. The van der Waals surface area contributed by atoms with Crippen molar-refractivity contribution < 1.29 is 0 Å². The van der Waals surface area contributed by atoms with Crippen LogP contribution in [0.4, 0.5) is 0 Å². The van der Waals surface area contributed by atoms with E-state index < -0.39 is 0 Å². The van der Waals surface area contributed by atoms with E-state index in [1.165, 1.54) is 44.9 Å². The van der Waals surface area contributed by atoms with Gasteiger partial charge in [-0.05, 0) is 31.1 Å². The highest BCUT2D eigenvalue weighted by molar-refractivity contribution is 4.91. The Morgan fingerprint density at radius 3 is 2.31 bits per heavy atom. The molecule has 0 aromatic carbocycles. The van der Waals surface area contributed by atoms with Crippen molar-refractivity contribution in [3.05, 3.63) is 0 Å². The highest BCUT2D eigenvalue weighted by Crippen LogP contribution is 2.36. The lowest BCUT2D eigenvalue weighted by atomic mass is 9.72. The molecule has 2 fully saturated rings. The topological polar surface area (TPSA) is 12.0 Å². The van der Waals surface area contributed by atoms with Crippen molar-refractivity contribution in [2.75, 3.05) is 0 Å². The van der Waals surface area contributed by atoms with Crippen LogP contribution in [0.2, 0.25) is 0 Å². The lowest BCUT2D eigenvalue weighted by Crippen LogP contribution is -2.50. The second-order valence-electron chi connectivity index (χ2n) is 5.58. The van der Waals surface area contributed by atoms with Crippen LogP contribution >= 0.6 is 0 Å². The van der Waals surface area contributed by atoms with Gasteiger partial charge in [0.25, 0.3) is 0 Å². The number of nitrogens with one attached hydrogen (secondary N) is 1. The van der Waals surface area contributed by atoms with Crippen LogP contribution in [0.3, 0.4) is 0 Å². The van der Waals surface area contributed by atoms with Gasteiger partial charge in [0.05, 0.1) is 0 Å². The number of hydrogen-bond acceptors (Lipinski definition) is 1. The van der Waals surface area contributed by atoms with Crippen LogP contribution in [0.25, 0.3) is 0 Å². The fourth-order valence-electron chi connectivity index (χ4n) is 2.66. The van der Waals surface area contributed by atoms with Crippen LogP contribution in [-0.2, 0) is 0 Å². The maximum absolute atomic E-state index is 3.85. The van der Waals surface area contributed by atoms with Crippen molar-refractivity contribution in [2.24, 2.45) is 5.41 Å². The van der Waals surface area contributed by atoms with Gasteiger partial charge in [0.15, 0.2) is 0 Å². The molecule has 0 amide bonds. The maximum Gasteiger partial charge on any atom is 0.0121 e. The summed E-state index contributed by atoms with van der Waals surface area (Å²) in [5.74, 6) is 0. The molecule has 1 nitrogen and oxygen atoms in total. The smallest absolute Gasteiger partial charge is 0.0121 e. The zero-order valence-corrected chi connectivity index (χ0v) is 9.10. The fraction of sp³-hybridized carbons (Fsp3) is 1.00. The largest absolute Gasteiger partial charge is 0.311 e. The Bertz CT molecular complexity index is 170. The molecule has 0 heterocycles. The average molecular weight is 181 g/mol. The van der Waals surface area contributed by atoms with Gasteiger partial charge in [0.2, 0.25) is 0 Å². The standard InChI is InChI=1S/C12H23N/c1-12(2)9-4-3-8-11(12)13-10-6-5-7-10/h10-11,13H,3-9H2,1-2H3. The zero-order chi connectivity index (χ0) is 9.31. The van der Waals surface area contributed by atoms with Crippen molar-refractivity contribution >= 4 is 0 Å². The van der Waals surface area contributed by atoms with Gasteiger partial charge in [0.1, 0.15) is 0 Å². The fourth-order valence-corrected chi connectivity index (χ4v) is 2.66. The molecule has 0 spiro atoms.